The van der Waals surface area contributed by atoms with Gasteiger partial charge in [-0.2, -0.15) is 5.26 Å². The van der Waals surface area contributed by atoms with Gasteiger partial charge >= 0.3 is 0 Å². The summed E-state index contributed by atoms with van der Waals surface area (Å²) >= 11 is 1.25. The van der Waals surface area contributed by atoms with E-state index in [0.29, 0.717) is 10.0 Å². The van der Waals surface area contributed by atoms with Gasteiger partial charge in [-0.3, -0.25) is 0 Å². The van der Waals surface area contributed by atoms with Crippen molar-refractivity contribution in [1.82, 2.24) is 4.98 Å². The predicted octanol–water partition coefficient (Wildman–Crippen LogP) is 1.89. The summed E-state index contributed by atoms with van der Waals surface area (Å²) in [7, 11) is 0. The van der Waals surface area contributed by atoms with E-state index in [0.717, 1.165) is 5.69 Å². The Morgan fingerprint density at radius 1 is 1.50 bits per heavy atom. The maximum atomic E-state index is 8.76. The lowest BCUT2D eigenvalue weighted by Crippen LogP contribution is -2.13. The number of thiazole rings is 1. The molecule has 0 aliphatic carbocycles. The molecule has 0 atom stereocenters. The van der Waals surface area contributed by atoms with Crippen molar-refractivity contribution in [1.29, 1.82) is 5.26 Å². The lowest BCUT2D eigenvalue weighted by molar-refractivity contribution is 0.572. The van der Waals surface area contributed by atoms with Gasteiger partial charge in [-0.1, -0.05) is 32.1 Å². The van der Waals surface area contributed by atoms with Crippen molar-refractivity contribution in [3.05, 3.63) is 10.6 Å². The first-order valence-corrected chi connectivity index (χ1v) is 4.43. The van der Waals surface area contributed by atoms with Crippen LogP contribution >= 0.6 is 11.3 Å². The molecule has 1 aromatic rings. The molecule has 0 amide bonds. The van der Waals surface area contributed by atoms with E-state index in [2.05, 4.69) is 11.1 Å². The molecule has 2 N–H and O–H groups in total. The van der Waals surface area contributed by atoms with Gasteiger partial charge in [-0.15, -0.1) is 0 Å². The quantitative estimate of drug-likeness (QED) is 0.664. The highest BCUT2D eigenvalue weighted by atomic mass is 32.1. The van der Waals surface area contributed by atoms with Gasteiger partial charge in [0.1, 0.15) is 10.9 Å². The molecule has 1 rings (SSSR count). The maximum Gasteiger partial charge on any atom is 0.181 e. The Labute approximate surface area is 75.8 Å². The topological polar surface area (TPSA) is 62.7 Å². The Balaban J connectivity index is 3.25. The first-order chi connectivity index (χ1) is 5.45. The van der Waals surface area contributed by atoms with E-state index < -0.39 is 0 Å². The third-order valence-corrected chi connectivity index (χ3v) is 2.24. The summed E-state index contributed by atoms with van der Waals surface area (Å²) in [6.45, 7) is 6.05. The molecule has 0 radical (unpaired) electrons. The minimum Gasteiger partial charge on any atom is -0.375 e. The highest BCUT2D eigenvalue weighted by Crippen LogP contribution is 2.29. The number of hydrogen-bond donors (Lipinski definition) is 1. The molecule has 0 unspecified atom stereocenters. The molecule has 1 heterocycles. The number of nitrogen functional groups attached to an aromatic ring is 1. The molecule has 64 valence electrons. The van der Waals surface area contributed by atoms with Crippen LogP contribution in [0.15, 0.2) is 0 Å². The molecular weight excluding hydrogens is 170 g/mol. The molecule has 0 aromatic carbocycles. The standard InChI is InChI=1S/C8H11N3S/c1-8(2,3)6-5(4-9)12-7(10)11-6/h1-3H3,(H2,10,11). The average molecular weight is 181 g/mol. The molecule has 0 spiro atoms. The summed E-state index contributed by atoms with van der Waals surface area (Å²) in [5.74, 6) is 0. The highest BCUT2D eigenvalue weighted by molar-refractivity contribution is 7.16. The van der Waals surface area contributed by atoms with Crippen molar-refractivity contribution in [2.45, 2.75) is 26.2 Å². The number of rotatable bonds is 0. The molecule has 0 bridgehead atoms. The SMILES string of the molecule is CC(C)(C)c1nc(N)sc1C#N. The van der Waals surface area contributed by atoms with Crippen molar-refractivity contribution in [2.24, 2.45) is 0 Å². The molecule has 1 aromatic heterocycles. The molecular formula is C8H11N3S. The van der Waals surface area contributed by atoms with Gasteiger partial charge in [0, 0.05) is 5.41 Å². The zero-order valence-electron chi connectivity index (χ0n) is 7.38. The van der Waals surface area contributed by atoms with E-state index in [-0.39, 0.29) is 5.41 Å². The normalized spacial score (nSPS) is 11.2. The van der Waals surface area contributed by atoms with Gasteiger partial charge in [0.2, 0.25) is 0 Å². The molecule has 0 saturated carbocycles. The molecule has 0 fully saturated rings. The van der Waals surface area contributed by atoms with Gasteiger partial charge in [0.25, 0.3) is 0 Å². The second-order valence-corrected chi connectivity index (χ2v) is 4.62. The Hall–Kier alpha value is -1.08. The second-order valence-electron chi connectivity index (χ2n) is 3.59. The van der Waals surface area contributed by atoms with E-state index in [1.165, 1.54) is 11.3 Å². The van der Waals surface area contributed by atoms with Crippen LogP contribution in [0.2, 0.25) is 0 Å². The minimum atomic E-state index is -0.0980. The monoisotopic (exact) mass is 181 g/mol. The first kappa shape index (κ1) is 9.01. The van der Waals surface area contributed by atoms with Gasteiger partial charge in [-0.05, 0) is 0 Å². The summed E-state index contributed by atoms with van der Waals surface area (Å²) in [5.41, 5.74) is 6.21. The lowest BCUT2D eigenvalue weighted by Gasteiger charge is -2.14. The van der Waals surface area contributed by atoms with Crippen LogP contribution in [0.4, 0.5) is 5.13 Å². The minimum absolute atomic E-state index is 0.0980. The highest BCUT2D eigenvalue weighted by Gasteiger charge is 2.22. The van der Waals surface area contributed by atoms with Crippen molar-refractivity contribution in [2.75, 3.05) is 5.73 Å². The van der Waals surface area contributed by atoms with E-state index in [4.69, 9.17) is 11.0 Å². The average Bonchev–Trinajstić information content (AvgIpc) is 2.29. The van der Waals surface area contributed by atoms with Crippen LogP contribution in [0.5, 0.6) is 0 Å². The Bertz CT molecular complexity index is 327. The largest absolute Gasteiger partial charge is 0.375 e. The third kappa shape index (κ3) is 1.56. The van der Waals surface area contributed by atoms with Crippen LogP contribution in [0.3, 0.4) is 0 Å². The Morgan fingerprint density at radius 3 is 2.42 bits per heavy atom. The number of nitriles is 1. The van der Waals surface area contributed by atoms with Crippen LogP contribution in [-0.2, 0) is 5.41 Å². The number of hydrogen-bond acceptors (Lipinski definition) is 4. The Kier molecular flexibility index (Phi) is 2.07. The van der Waals surface area contributed by atoms with E-state index in [1.54, 1.807) is 0 Å². The number of nitrogens with zero attached hydrogens (tertiary/aromatic N) is 2. The summed E-state index contributed by atoms with van der Waals surface area (Å²) in [6, 6.07) is 2.10. The van der Waals surface area contributed by atoms with Gasteiger partial charge < -0.3 is 5.73 Å². The molecule has 0 saturated heterocycles. The van der Waals surface area contributed by atoms with Crippen molar-refractivity contribution >= 4 is 16.5 Å². The van der Waals surface area contributed by atoms with Crippen LogP contribution in [0, 0.1) is 11.3 Å². The summed E-state index contributed by atoms with van der Waals surface area (Å²) < 4.78 is 0. The van der Waals surface area contributed by atoms with Crippen molar-refractivity contribution in [3.8, 4) is 6.07 Å². The molecule has 0 aliphatic heterocycles. The van der Waals surface area contributed by atoms with Crippen molar-refractivity contribution in [3.63, 3.8) is 0 Å². The van der Waals surface area contributed by atoms with Crippen LogP contribution in [-0.4, -0.2) is 4.98 Å². The van der Waals surface area contributed by atoms with E-state index in [9.17, 15) is 0 Å². The van der Waals surface area contributed by atoms with Crippen molar-refractivity contribution < 1.29 is 0 Å². The number of aromatic nitrogens is 1. The van der Waals surface area contributed by atoms with Gasteiger partial charge in [0.15, 0.2) is 5.13 Å². The first-order valence-electron chi connectivity index (χ1n) is 3.62. The fourth-order valence-corrected chi connectivity index (χ4v) is 1.76. The lowest BCUT2D eigenvalue weighted by atomic mass is 9.91. The molecule has 4 heteroatoms. The summed E-state index contributed by atoms with van der Waals surface area (Å²) in [5, 5.41) is 9.23. The maximum absolute atomic E-state index is 8.76. The van der Waals surface area contributed by atoms with Crippen LogP contribution < -0.4 is 5.73 Å². The van der Waals surface area contributed by atoms with Crippen LogP contribution in [0.25, 0.3) is 0 Å². The second kappa shape index (κ2) is 2.76. The smallest absolute Gasteiger partial charge is 0.181 e. The summed E-state index contributed by atoms with van der Waals surface area (Å²) in [6.07, 6.45) is 0. The fraction of sp³-hybridized carbons (Fsp3) is 0.500. The molecule has 12 heavy (non-hydrogen) atoms. The van der Waals surface area contributed by atoms with Crippen LogP contribution in [0.1, 0.15) is 31.3 Å². The van der Waals surface area contributed by atoms with Gasteiger partial charge in [0.05, 0.1) is 5.69 Å². The molecule has 0 aliphatic rings. The van der Waals surface area contributed by atoms with Gasteiger partial charge in [-0.25, -0.2) is 4.98 Å². The number of nitrogens with two attached hydrogens (primary N) is 1. The Morgan fingerprint density at radius 2 is 2.08 bits per heavy atom. The van der Waals surface area contributed by atoms with E-state index >= 15 is 0 Å². The fourth-order valence-electron chi connectivity index (χ4n) is 0.921. The summed E-state index contributed by atoms with van der Waals surface area (Å²) in [4.78, 5) is 4.75. The number of anilines is 1. The zero-order valence-corrected chi connectivity index (χ0v) is 8.20. The third-order valence-electron chi connectivity index (χ3n) is 1.46. The molecule has 3 nitrogen and oxygen atoms in total. The predicted molar refractivity (Wildman–Crippen MR) is 49.9 cm³/mol. The zero-order chi connectivity index (χ0) is 9.35. The van der Waals surface area contributed by atoms with E-state index in [1.807, 2.05) is 20.8 Å².